The first kappa shape index (κ1) is 16.4. The van der Waals surface area contributed by atoms with Crippen molar-refractivity contribution in [2.75, 3.05) is 26.2 Å². The van der Waals surface area contributed by atoms with E-state index < -0.39 is 0 Å². The van der Waals surface area contributed by atoms with E-state index >= 15 is 0 Å². The van der Waals surface area contributed by atoms with Crippen molar-refractivity contribution < 1.29 is 14.4 Å². The lowest BCUT2D eigenvalue weighted by atomic mass is 10.1. The molecule has 0 atom stereocenters. The zero-order valence-electron chi connectivity index (χ0n) is 13.6. The lowest BCUT2D eigenvalue weighted by Crippen LogP contribution is -2.48. The number of hydrogen-bond donors (Lipinski definition) is 1. The van der Waals surface area contributed by atoms with Crippen LogP contribution >= 0.6 is 0 Å². The zero-order valence-corrected chi connectivity index (χ0v) is 13.6. The van der Waals surface area contributed by atoms with Crippen molar-refractivity contribution >= 4 is 18.2 Å². The topological polar surface area (TPSA) is 82.6 Å². The van der Waals surface area contributed by atoms with Crippen LogP contribution in [0, 0.1) is 0 Å². The minimum absolute atomic E-state index is 0.149. The van der Waals surface area contributed by atoms with Crippen LogP contribution in [0.2, 0.25) is 0 Å². The molecule has 1 saturated heterocycles. The van der Waals surface area contributed by atoms with E-state index in [0.29, 0.717) is 31.7 Å². The maximum atomic E-state index is 12.5. The minimum Gasteiger partial charge on any atom is -0.349 e. The number of aromatic nitrogens is 1. The molecule has 1 aromatic rings. The number of hydrogen-bond acceptors (Lipinski definition) is 4. The SMILES string of the molecule is O=CN1CCN(C(=O)c2cc(C(=O)NC3CCCC3)ccn2)CC1. The zero-order chi connectivity index (χ0) is 16.9. The minimum atomic E-state index is -0.198. The molecule has 3 amide bonds. The number of rotatable bonds is 4. The number of carbonyl (C=O) groups is 3. The molecule has 0 bridgehead atoms. The summed E-state index contributed by atoms with van der Waals surface area (Å²) in [6, 6.07) is 3.42. The highest BCUT2D eigenvalue weighted by atomic mass is 16.2. The number of nitrogens with one attached hydrogen (secondary N) is 1. The molecular formula is C17H22N4O3. The summed E-state index contributed by atoms with van der Waals surface area (Å²) in [5.74, 6) is -0.347. The molecule has 128 valence electrons. The average molecular weight is 330 g/mol. The van der Waals surface area contributed by atoms with Gasteiger partial charge in [-0.15, -0.1) is 0 Å². The third-order valence-corrected chi connectivity index (χ3v) is 4.68. The van der Waals surface area contributed by atoms with Gasteiger partial charge in [-0.25, -0.2) is 0 Å². The third-order valence-electron chi connectivity index (χ3n) is 4.68. The van der Waals surface area contributed by atoms with Crippen LogP contribution in [0.25, 0.3) is 0 Å². The maximum Gasteiger partial charge on any atom is 0.272 e. The van der Waals surface area contributed by atoms with Crippen LogP contribution in [0.3, 0.4) is 0 Å². The van der Waals surface area contributed by atoms with Crippen LogP contribution in [-0.2, 0) is 4.79 Å². The van der Waals surface area contributed by atoms with Crippen molar-refractivity contribution in [3.05, 3.63) is 29.6 Å². The van der Waals surface area contributed by atoms with Crippen molar-refractivity contribution in [1.29, 1.82) is 0 Å². The highest BCUT2D eigenvalue weighted by Gasteiger charge is 2.23. The summed E-state index contributed by atoms with van der Waals surface area (Å²) < 4.78 is 0. The molecule has 1 N–H and O–H groups in total. The van der Waals surface area contributed by atoms with Gasteiger partial charge in [0.1, 0.15) is 5.69 Å². The number of nitrogens with zero attached hydrogens (tertiary/aromatic N) is 3. The Morgan fingerprint density at radius 1 is 1.17 bits per heavy atom. The Kier molecular flexibility index (Phi) is 5.08. The van der Waals surface area contributed by atoms with Crippen LogP contribution in [0.1, 0.15) is 46.5 Å². The quantitative estimate of drug-likeness (QED) is 0.823. The van der Waals surface area contributed by atoms with E-state index in [1.807, 2.05) is 0 Å². The molecule has 2 aliphatic rings. The predicted octanol–water partition coefficient (Wildman–Crippen LogP) is 0.668. The van der Waals surface area contributed by atoms with Gasteiger partial charge in [-0.1, -0.05) is 12.8 Å². The Morgan fingerprint density at radius 3 is 2.54 bits per heavy atom. The largest absolute Gasteiger partial charge is 0.349 e. The first-order chi connectivity index (χ1) is 11.7. The van der Waals surface area contributed by atoms with Crippen LogP contribution < -0.4 is 5.32 Å². The van der Waals surface area contributed by atoms with Crippen molar-refractivity contribution in [1.82, 2.24) is 20.1 Å². The van der Waals surface area contributed by atoms with Gasteiger partial charge in [-0.2, -0.15) is 0 Å². The summed E-state index contributed by atoms with van der Waals surface area (Å²) in [6.45, 7) is 2.02. The Labute approximate surface area is 141 Å². The van der Waals surface area contributed by atoms with E-state index in [9.17, 15) is 14.4 Å². The lowest BCUT2D eigenvalue weighted by molar-refractivity contribution is -0.119. The normalized spacial score (nSPS) is 18.5. The first-order valence-electron chi connectivity index (χ1n) is 8.43. The number of piperazine rings is 1. The van der Waals surface area contributed by atoms with E-state index in [2.05, 4.69) is 10.3 Å². The molecule has 1 aromatic heterocycles. The third kappa shape index (κ3) is 3.72. The maximum absolute atomic E-state index is 12.5. The van der Waals surface area contributed by atoms with Crippen LogP contribution in [0.4, 0.5) is 0 Å². The molecule has 2 fully saturated rings. The number of amides is 3. The van der Waals surface area contributed by atoms with Gasteiger partial charge in [-0.3, -0.25) is 19.4 Å². The second-order valence-electron chi connectivity index (χ2n) is 6.32. The molecule has 3 rings (SSSR count). The lowest BCUT2D eigenvalue weighted by Gasteiger charge is -2.32. The summed E-state index contributed by atoms with van der Waals surface area (Å²) in [5.41, 5.74) is 0.736. The molecular weight excluding hydrogens is 308 g/mol. The van der Waals surface area contributed by atoms with Gasteiger partial charge in [-0.05, 0) is 25.0 Å². The number of carbonyl (C=O) groups excluding carboxylic acids is 3. The van der Waals surface area contributed by atoms with E-state index in [-0.39, 0.29) is 23.6 Å². The Bertz CT molecular complexity index is 620. The molecule has 0 spiro atoms. The van der Waals surface area contributed by atoms with Crippen LogP contribution in [0.5, 0.6) is 0 Å². The molecule has 24 heavy (non-hydrogen) atoms. The van der Waals surface area contributed by atoms with Gasteiger partial charge in [0, 0.05) is 44.0 Å². The molecule has 1 aliphatic heterocycles. The number of pyridine rings is 1. The van der Waals surface area contributed by atoms with E-state index in [1.165, 1.54) is 6.20 Å². The van der Waals surface area contributed by atoms with Gasteiger partial charge < -0.3 is 15.1 Å². The predicted molar refractivity (Wildman–Crippen MR) is 87.5 cm³/mol. The summed E-state index contributed by atoms with van der Waals surface area (Å²) in [5, 5.41) is 3.02. The van der Waals surface area contributed by atoms with Crippen LogP contribution in [0.15, 0.2) is 18.3 Å². The monoisotopic (exact) mass is 330 g/mol. The Hall–Kier alpha value is -2.44. The second kappa shape index (κ2) is 7.42. The molecule has 7 heteroatoms. The second-order valence-corrected chi connectivity index (χ2v) is 6.32. The van der Waals surface area contributed by atoms with Crippen molar-refractivity contribution in [3.8, 4) is 0 Å². The highest BCUT2D eigenvalue weighted by molar-refractivity contribution is 5.98. The summed E-state index contributed by atoms with van der Waals surface area (Å²) in [6.07, 6.45) is 6.63. The Balaban J connectivity index is 1.64. The van der Waals surface area contributed by atoms with Crippen molar-refractivity contribution in [2.24, 2.45) is 0 Å². The van der Waals surface area contributed by atoms with E-state index in [1.54, 1.807) is 21.9 Å². The van der Waals surface area contributed by atoms with E-state index in [0.717, 1.165) is 32.1 Å². The molecule has 2 heterocycles. The van der Waals surface area contributed by atoms with Gasteiger partial charge in [0.05, 0.1) is 0 Å². The smallest absolute Gasteiger partial charge is 0.272 e. The van der Waals surface area contributed by atoms with Crippen molar-refractivity contribution in [2.45, 2.75) is 31.7 Å². The fourth-order valence-corrected chi connectivity index (χ4v) is 3.22. The molecule has 7 nitrogen and oxygen atoms in total. The summed E-state index contributed by atoms with van der Waals surface area (Å²) in [4.78, 5) is 43.0. The molecule has 1 aliphatic carbocycles. The standard InChI is InChI=1S/C17H22N4O3/c22-12-20-7-9-21(10-8-20)17(24)15-11-13(5-6-18-15)16(23)19-14-3-1-2-4-14/h5-6,11-12,14H,1-4,7-10H2,(H,19,23). The van der Waals surface area contributed by atoms with Gasteiger partial charge in [0.25, 0.3) is 11.8 Å². The fraction of sp³-hybridized carbons (Fsp3) is 0.529. The highest BCUT2D eigenvalue weighted by Crippen LogP contribution is 2.18. The molecule has 0 aromatic carbocycles. The molecule has 1 saturated carbocycles. The van der Waals surface area contributed by atoms with E-state index in [4.69, 9.17) is 0 Å². The summed E-state index contributed by atoms with van der Waals surface area (Å²) >= 11 is 0. The Morgan fingerprint density at radius 2 is 1.88 bits per heavy atom. The van der Waals surface area contributed by atoms with Gasteiger partial charge >= 0.3 is 0 Å². The van der Waals surface area contributed by atoms with Crippen LogP contribution in [-0.4, -0.2) is 65.2 Å². The van der Waals surface area contributed by atoms with Gasteiger partial charge in [0.2, 0.25) is 6.41 Å². The summed E-state index contributed by atoms with van der Waals surface area (Å²) in [7, 11) is 0. The molecule has 0 radical (unpaired) electrons. The van der Waals surface area contributed by atoms with Gasteiger partial charge in [0.15, 0.2) is 0 Å². The fourth-order valence-electron chi connectivity index (χ4n) is 3.22. The molecule has 0 unspecified atom stereocenters. The first-order valence-corrected chi connectivity index (χ1v) is 8.43. The van der Waals surface area contributed by atoms with Crippen molar-refractivity contribution in [3.63, 3.8) is 0 Å². The average Bonchev–Trinajstić information content (AvgIpc) is 3.14.